The highest BCUT2D eigenvalue weighted by Gasteiger charge is 2.17. The van der Waals surface area contributed by atoms with Crippen molar-refractivity contribution in [2.75, 3.05) is 11.1 Å². The van der Waals surface area contributed by atoms with Gasteiger partial charge < -0.3 is 15.2 Å². The van der Waals surface area contributed by atoms with Crippen molar-refractivity contribution in [1.82, 2.24) is 20.1 Å². The molecule has 0 bridgehead atoms. The van der Waals surface area contributed by atoms with Crippen LogP contribution in [0.1, 0.15) is 22.8 Å². The first-order valence-electron chi connectivity index (χ1n) is 10.5. The van der Waals surface area contributed by atoms with E-state index in [2.05, 4.69) is 20.8 Å². The zero-order valence-electron chi connectivity index (χ0n) is 18.0. The summed E-state index contributed by atoms with van der Waals surface area (Å²) in [5.74, 6) is 0.499. The number of carbonyl (C=O) groups is 2. The number of rotatable bonds is 9. The molecule has 2 heterocycles. The first kappa shape index (κ1) is 22.8. The average molecular weight is 478 g/mol. The minimum atomic E-state index is -0.242. The summed E-state index contributed by atoms with van der Waals surface area (Å²) < 4.78 is 1.99. The molecule has 2 N–H and O–H groups in total. The molecule has 2 amide bonds. The zero-order chi connectivity index (χ0) is 23.0. The molecule has 0 unspecified atom stereocenters. The first-order chi connectivity index (χ1) is 16.2. The van der Waals surface area contributed by atoms with Crippen LogP contribution in [0.4, 0.5) is 5.69 Å². The van der Waals surface area contributed by atoms with Crippen LogP contribution >= 0.6 is 23.1 Å². The largest absolute Gasteiger partial charge is 0.348 e. The third-order valence-electron chi connectivity index (χ3n) is 4.85. The van der Waals surface area contributed by atoms with Crippen LogP contribution in [0.5, 0.6) is 0 Å². The molecule has 0 saturated heterocycles. The number of hydrogen-bond acceptors (Lipinski definition) is 6. The van der Waals surface area contributed by atoms with E-state index in [0.717, 1.165) is 16.3 Å². The molecule has 0 saturated carbocycles. The molecular formula is C24H23N5O2S2. The van der Waals surface area contributed by atoms with E-state index in [1.807, 2.05) is 59.3 Å². The lowest BCUT2D eigenvalue weighted by atomic mass is 10.1. The van der Waals surface area contributed by atoms with Gasteiger partial charge in [0.15, 0.2) is 11.0 Å². The summed E-state index contributed by atoms with van der Waals surface area (Å²) in [4.78, 5) is 26.4. The summed E-state index contributed by atoms with van der Waals surface area (Å²) in [7, 11) is 0. The third-order valence-corrected chi connectivity index (χ3v) is 6.68. The lowest BCUT2D eigenvalue weighted by Crippen LogP contribution is -2.25. The maximum atomic E-state index is 12.7. The maximum Gasteiger partial charge on any atom is 0.253 e. The Hall–Kier alpha value is -3.43. The smallest absolute Gasteiger partial charge is 0.253 e. The molecule has 4 aromatic rings. The number of nitrogens with one attached hydrogen (secondary N) is 2. The van der Waals surface area contributed by atoms with Crippen molar-refractivity contribution in [3.8, 4) is 10.7 Å². The van der Waals surface area contributed by atoms with Crippen molar-refractivity contribution in [2.24, 2.45) is 0 Å². The van der Waals surface area contributed by atoms with Crippen molar-refractivity contribution in [1.29, 1.82) is 0 Å². The number of para-hydroxylation sites is 1. The predicted molar refractivity (Wildman–Crippen MR) is 132 cm³/mol. The van der Waals surface area contributed by atoms with Gasteiger partial charge in [-0.05, 0) is 36.1 Å². The Morgan fingerprint density at radius 2 is 1.79 bits per heavy atom. The van der Waals surface area contributed by atoms with Gasteiger partial charge in [0.2, 0.25) is 5.91 Å². The van der Waals surface area contributed by atoms with Gasteiger partial charge in [0, 0.05) is 13.1 Å². The van der Waals surface area contributed by atoms with Crippen molar-refractivity contribution < 1.29 is 9.59 Å². The molecule has 33 heavy (non-hydrogen) atoms. The van der Waals surface area contributed by atoms with Gasteiger partial charge in [-0.3, -0.25) is 9.59 Å². The fourth-order valence-electron chi connectivity index (χ4n) is 3.25. The van der Waals surface area contributed by atoms with Crippen molar-refractivity contribution in [2.45, 2.75) is 25.2 Å². The minimum Gasteiger partial charge on any atom is -0.348 e. The standard InChI is InChI=1S/C24H23N5O2S2/c1-2-29-22(20-13-8-14-32-20)27-28-24(29)33-16-21(30)26-19-12-7-6-11-18(19)23(31)25-15-17-9-4-3-5-10-17/h3-14H,2,15-16H2,1H3,(H,25,31)(H,26,30). The molecule has 0 aliphatic rings. The highest BCUT2D eigenvalue weighted by atomic mass is 32.2. The van der Waals surface area contributed by atoms with E-state index in [-0.39, 0.29) is 17.6 Å². The van der Waals surface area contributed by atoms with Gasteiger partial charge in [-0.1, -0.05) is 60.3 Å². The van der Waals surface area contributed by atoms with Gasteiger partial charge in [0.1, 0.15) is 0 Å². The SMILES string of the molecule is CCn1c(SCC(=O)Nc2ccccc2C(=O)NCc2ccccc2)nnc1-c1cccs1. The van der Waals surface area contributed by atoms with E-state index < -0.39 is 0 Å². The molecule has 0 aliphatic carbocycles. The molecule has 9 heteroatoms. The second-order valence-electron chi connectivity index (χ2n) is 7.08. The fraction of sp³-hybridized carbons (Fsp3) is 0.167. The quantitative estimate of drug-likeness (QED) is 0.342. The first-order valence-corrected chi connectivity index (χ1v) is 12.3. The van der Waals surface area contributed by atoms with Gasteiger partial charge in [0.05, 0.1) is 21.9 Å². The summed E-state index contributed by atoms with van der Waals surface area (Å²) in [5, 5.41) is 17.0. The van der Waals surface area contributed by atoms with Gasteiger partial charge in [-0.15, -0.1) is 21.5 Å². The minimum absolute atomic E-state index is 0.155. The Kier molecular flexibility index (Phi) is 7.54. The fourth-order valence-corrected chi connectivity index (χ4v) is 4.77. The number of benzene rings is 2. The number of thiophene rings is 1. The van der Waals surface area contributed by atoms with Gasteiger partial charge in [0.25, 0.3) is 5.91 Å². The highest BCUT2D eigenvalue weighted by molar-refractivity contribution is 7.99. The Balaban J connectivity index is 1.38. The van der Waals surface area contributed by atoms with E-state index in [9.17, 15) is 9.59 Å². The van der Waals surface area contributed by atoms with Gasteiger partial charge in [-0.25, -0.2) is 0 Å². The summed E-state index contributed by atoms with van der Waals surface area (Å²) in [6, 6.07) is 20.6. The number of hydrogen-bond donors (Lipinski definition) is 2. The second-order valence-corrected chi connectivity index (χ2v) is 8.97. The van der Waals surface area contributed by atoms with Crippen LogP contribution in [-0.2, 0) is 17.9 Å². The molecule has 2 aromatic heterocycles. The van der Waals surface area contributed by atoms with Crippen LogP contribution in [-0.4, -0.2) is 32.3 Å². The Bertz CT molecular complexity index is 1220. The Morgan fingerprint density at radius 3 is 2.55 bits per heavy atom. The average Bonchev–Trinajstić information content (AvgIpc) is 3.52. The van der Waals surface area contributed by atoms with Crippen LogP contribution in [0.15, 0.2) is 77.3 Å². The van der Waals surface area contributed by atoms with Gasteiger partial charge in [-0.2, -0.15) is 0 Å². The molecule has 0 radical (unpaired) electrons. The Morgan fingerprint density at radius 1 is 1.00 bits per heavy atom. The monoisotopic (exact) mass is 477 g/mol. The van der Waals surface area contributed by atoms with E-state index in [1.165, 1.54) is 11.8 Å². The van der Waals surface area contributed by atoms with Crippen LogP contribution < -0.4 is 10.6 Å². The molecule has 168 valence electrons. The van der Waals surface area contributed by atoms with E-state index >= 15 is 0 Å². The molecule has 4 rings (SSSR count). The van der Waals surface area contributed by atoms with E-state index in [1.54, 1.807) is 35.6 Å². The topological polar surface area (TPSA) is 88.9 Å². The highest BCUT2D eigenvalue weighted by Crippen LogP contribution is 2.27. The molecule has 0 fully saturated rings. The van der Waals surface area contributed by atoms with Crippen LogP contribution in [0.3, 0.4) is 0 Å². The zero-order valence-corrected chi connectivity index (χ0v) is 19.7. The van der Waals surface area contributed by atoms with Crippen LogP contribution in [0.25, 0.3) is 10.7 Å². The lowest BCUT2D eigenvalue weighted by molar-refractivity contribution is -0.113. The molecular weight excluding hydrogens is 454 g/mol. The summed E-state index contributed by atoms with van der Waals surface area (Å²) in [5.41, 5.74) is 1.90. The second kappa shape index (κ2) is 10.9. The van der Waals surface area contributed by atoms with Crippen molar-refractivity contribution >= 4 is 40.6 Å². The summed E-state index contributed by atoms with van der Waals surface area (Å²) in [6.07, 6.45) is 0. The van der Waals surface area contributed by atoms with Crippen LogP contribution in [0, 0.1) is 0 Å². The third kappa shape index (κ3) is 5.68. The van der Waals surface area contributed by atoms with Gasteiger partial charge >= 0.3 is 0 Å². The maximum absolute atomic E-state index is 12.7. The lowest BCUT2D eigenvalue weighted by Gasteiger charge is -2.12. The number of carbonyl (C=O) groups excluding carboxylic acids is 2. The number of amides is 2. The molecule has 0 spiro atoms. The predicted octanol–water partition coefficient (Wildman–Crippen LogP) is 4.69. The number of aromatic nitrogens is 3. The van der Waals surface area contributed by atoms with E-state index in [4.69, 9.17) is 0 Å². The number of anilines is 1. The molecule has 7 nitrogen and oxygen atoms in total. The van der Waals surface area contributed by atoms with Crippen molar-refractivity contribution in [3.63, 3.8) is 0 Å². The molecule has 2 aromatic carbocycles. The normalized spacial score (nSPS) is 10.7. The molecule has 0 atom stereocenters. The number of nitrogens with zero attached hydrogens (tertiary/aromatic N) is 3. The van der Waals surface area contributed by atoms with Crippen LogP contribution in [0.2, 0.25) is 0 Å². The molecule has 0 aliphatic heterocycles. The van der Waals surface area contributed by atoms with E-state index in [0.29, 0.717) is 29.5 Å². The summed E-state index contributed by atoms with van der Waals surface area (Å²) >= 11 is 2.92. The van der Waals surface area contributed by atoms with Crippen molar-refractivity contribution in [3.05, 3.63) is 83.2 Å². The Labute approximate surface area is 200 Å². The summed E-state index contributed by atoms with van der Waals surface area (Å²) in [6.45, 7) is 3.14. The number of thioether (sulfide) groups is 1.